The van der Waals surface area contributed by atoms with Gasteiger partial charge in [0, 0.05) is 0 Å². The van der Waals surface area contributed by atoms with Crippen LogP contribution in [0.2, 0.25) is 0 Å². The van der Waals surface area contributed by atoms with Crippen molar-refractivity contribution < 1.29 is 9.50 Å². The Balaban J connectivity index is 2.44. The lowest BCUT2D eigenvalue weighted by atomic mass is 9.86. The number of benzene rings is 1. The van der Waals surface area contributed by atoms with Gasteiger partial charge in [-0.25, -0.2) is 4.39 Å². The van der Waals surface area contributed by atoms with Crippen molar-refractivity contribution in [3.8, 4) is 0 Å². The molecule has 0 radical (unpaired) electrons. The molecule has 0 aliphatic carbocycles. The molecule has 1 N–H and O–H groups in total. The summed E-state index contributed by atoms with van der Waals surface area (Å²) in [6.07, 6.45) is 3.67. The van der Waals surface area contributed by atoms with Gasteiger partial charge in [0.2, 0.25) is 0 Å². The fourth-order valence-corrected chi connectivity index (χ4v) is 2.43. The molecule has 0 bridgehead atoms. The van der Waals surface area contributed by atoms with Crippen molar-refractivity contribution in [1.82, 2.24) is 4.98 Å². The lowest BCUT2D eigenvalue weighted by molar-refractivity contribution is 0.0717. The Labute approximate surface area is 119 Å². The molecule has 20 heavy (non-hydrogen) atoms. The Bertz CT molecular complexity index is 567. The number of nitrogens with zero attached hydrogens (tertiary/aromatic N) is 1. The van der Waals surface area contributed by atoms with Gasteiger partial charge in [-0.15, -0.1) is 0 Å². The molecule has 0 aliphatic heterocycles. The van der Waals surface area contributed by atoms with Crippen LogP contribution in [0, 0.1) is 5.82 Å². The number of aromatic nitrogens is 1. The number of aliphatic hydroxyl groups is 1. The second-order valence-corrected chi connectivity index (χ2v) is 5.03. The lowest BCUT2D eigenvalue weighted by Crippen LogP contribution is -2.27. The van der Waals surface area contributed by atoms with Crippen LogP contribution >= 0.6 is 0 Å². The predicted octanol–water partition coefficient (Wildman–Crippen LogP) is 3.82. The van der Waals surface area contributed by atoms with E-state index in [-0.39, 0.29) is 0 Å². The second-order valence-electron chi connectivity index (χ2n) is 5.03. The minimum atomic E-state index is -1.17. The SMILES string of the molecule is CCCc1cccc(C(O)(CC)c2ccc(F)cn2)c1. The van der Waals surface area contributed by atoms with Crippen molar-refractivity contribution in [2.45, 2.75) is 38.7 Å². The summed E-state index contributed by atoms with van der Waals surface area (Å²) in [4.78, 5) is 4.05. The van der Waals surface area contributed by atoms with Crippen LogP contribution in [0.4, 0.5) is 4.39 Å². The minimum Gasteiger partial charge on any atom is -0.379 e. The van der Waals surface area contributed by atoms with Crippen molar-refractivity contribution in [2.24, 2.45) is 0 Å². The molecule has 0 saturated carbocycles. The molecular formula is C17H20FNO. The largest absolute Gasteiger partial charge is 0.379 e. The summed E-state index contributed by atoms with van der Waals surface area (Å²) in [6.45, 7) is 4.03. The molecule has 0 spiro atoms. The predicted molar refractivity (Wildman–Crippen MR) is 77.9 cm³/mol. The first-order valence-electron chi connectivity index (χ1n) is 7.04. The number of pyridine rings is 1. The zero-order valence-electron chi connectivity index (χ0n) is 11.9. The van der Waals surface area contributed by atoms with Crippen molar-refractivity contribution in [3.05, 3.63) is 65.2 Å². The summed E-state index contributed by atoms with van der Waals surface area (Å²) >= 11 is 0. The summed E-state index contributed by atoms with van der Waals surface area (Å²) in [5, 5.41) is 11.0. The maximum Gasteiger partial charge on any atom is 0.141 e. The Hall–Kier alpha value is -1.74. The van der Waals surface area contributed by atoms with Crippen LogP contribution in [0.15, 0.2) is 42.6 Å². The normalized spacial score (nSPS) is 14.0. The average molecular weight is 273 g/mol. The Kier molecular flexibility index (Phi) is 4.50. The number of halogens is 1. The van der Waals surface area contributed by atoms with E-state index in [9.17, 15) is 9.50 Å². The van der Waals surface area contributed by atoms with E-state index in [1.54, 1.807) is 6.07 Å². The van der Waals surface area contributed by atoms with Gasteiger partial charge in [-0.3, -0.25) is 4.98 Å². The van der Waals surface area contributed by atoms with Crippen LogP contribution in [0.25, 0.3) is 0 Å². The maximum absolute atomic E-state index is 13.0. The number of aryl methyl sites for hydroxylation is 1. The molecule has 1 atom stereocenters. The smallest absolute Gasteiger partial charge is 0.141 e. The van der Waals surface area contributed by atoms with Crippen LogP contribution in [-0.4, -0.2) is 10.1 Å². The van der Waals surface area contributed by atoms with Crippen molar-refractivity contribution in [3.63, 3.8) is 0 Å². The molecule has 106 valence electrons. The van der Waals surface area contributed by atoms with Crippen LogP contribution in [0.5, 0.6) is 0 Å². The molecular weight excluding hydrogens is 253 g/mol. The highest BCUT2D eigenvalue weighted by molar-refractivity contribution is 5.35. The van der Waals surface area contributed by atoms with Gasteiger partial charge in [-0.05, 0) is 36.1 Å². The first kappa shape index (κ1) is 14.7. The van der Waals surface area contributed by atoms with Gasteiger partial charge in [0.15, 0.2) is 0 Å². The van der Waals surface area contributed by atoms with E-state index < -0.39 is 11.4 Å². The third-order valence-corrected chi connectivity index (χ3v) is 3.61. The van der Waals surface area contributed by atoms with Crippen LogP contribution in [0.1, 0.15) is 43.5 Å². The topological polar surface area (TPSA) is 33.1 Å². The van der Waals surface area contributed by atoms with Gasteiger partial charge < -0.3 is 5.11 Å². The molecule has 2 aromatic rings. The minimum absolute atomic E-state index is 0.396. The molecule has 2 rings (SSSR count). The standard InChI is InChI=1S/C17H20FNO/c1-3-6-13-7-5-8-14(11-13)17(20,4-2)16-10-9-15(18)12-19-16/h5,7-12,20H,3-4,6H2,1-2H3. The molecule has 2 nitrogen and oxygen atoms in total. The molecule has 0 amide bonds. The van der Waals surface area contributed by atoms with E-state index in [1.165, 1.54) is 11.6 Å². The van der Waals surface area contributed by atoms with Crippen LogP contribution in [0.3, 0.4) is 0 Å². The summed E-state index contributed by atoms with van der Waals surface area (Å²) < 4.78 is 13.0. The van der Waals surface area contributed by atoms with Gasteiger partial charge in [0.1, 0.15) is 11.4 Å². The van der Waals surface area contributed by atoms with Gasteiger partial charge in [0.25, 0.3) is 0 Å². The van der Waals surface area contributed by atoms with Crippen molar-refractivity contribution >= 4 is 0 Å². The third-order valence-electron chi connectivity index (χ3n) is 3.61. The molecule has 1 aromatic carbocycles. The highest BCUT2D eigenvalue weighted by Crippen LogP contribution is 2.32. The molecule has 3 heteroatoms. The summed E-state index contributed by atoms with van der Waals surface area (Å²) in [5.74, 6) is -0.396. The quantitative estimate of drug-likeness (QED) is 0.898. The first-order chi connectivity index (χ1) is 9.60. The molecule has 0 saturated heterocycles. The highest BCUT2D eigenvalue weighted by Gasteiger charge is 2.31. The average Bonchev–Trinajstić information content (AvgIpc) is 2.48. The van der Waals surface area contributed by atoms with Crippen molar-refractivity contribution in [2.75, 3.05) is 0 Å². The van der Waals surface area contributed by atoms with Gasteiger partial charge in [0.05, 0.1) is 11.9 Å². The van der Waals surface area contributed by atoms with Crippen LogP contribution in [-0.2, 0) is 12.0 Å². The summed E-state index contributed by atoms with van der Waals surface area (Å²) in [5.41, 5.74) is 1.32. The zero-order chi connectivity index (χ0) is 14.6. The van der Waals surface area contributed by atoms with E-state index >= 15 is 0 Å². The molecule has 0 fully saturated rings. The first-order valence-corrected chi connectivity index (χ1v) is 7.04. The molecule has 1 heterocycles. The third kappa shape index (κ3) is 2.88. The Morgan fingerprint density at radius 3 is 2.60 bits per heavy atom. The number of hydrogen-bond acceptors (Lipinski definition) is 2. The fraction of sp³-hybridized carbons (Fsp3) is 0.353. The summed E-state index contributed by atoms with van der Waals surface area (Å²) in [7, 11) is 0. The molecule has 0 aliphatic rings. The molecule has 1 aromatic heterocycles. The monoisotopic (exact) mass is 273 g/mol. The zero-order valence-corrected chi connectivity index (χ0v) is 11.9. The van der Waals surface area contributed by atoms with E-state index in [1.807, 2.05) is 25.1 Å². The van der Waals surface area contributed by atoms with Gasteiger partial charge in [-0.2, -0.15) is 0 Å². The van der Waals surface area contributed by atoms with Crippen LogP contribution < -0.4 is 0 Å². The Morgan fingerprint density at radius 1 is 1.20 bits per heavy atom. The van der Waals surface area contributed by atoms with E-state index in [2.05, 4.69) is 18.0 Å². The molecule has 1 unspecified atom stereocenters. The lowest BCUT2D eigenvalue weighted by Gasteiger charge is -2.27. The fourth-order valence-electron chi connectivity index (χ4n) is 2.43. The van der Waals surface area contributed by atoms with E-state index in [0.29, 0.717) is 12.1 Å². The van der Waals surface area contributed by atoms with Crippen molar-refractivity contribution in [1.29, 1.82) is 0 Å². The van der Waals surface area contributed by atoms with Gasteiger partial charge in [-0.1, -0.05) is 44.5 Å². The van der Waals surface area contributed by atoms with Gasteiger partial charge >= 0.3 is 0 Å². The summed E-state index contributed by atoms with van der Waals surface area (Å²) in [6, 6.07) is 10.8. The second kappa shape index (κ2) is 6.14. The number of hydrogen-bond donors (Lipinski definition) is 1. The highest BCUT2D eigenvalue weighted by atomic mass is 19.1. The van der Waals surface area contributed by atoms with E-state index in [4.69, 9.17) is 0 Å². The van der Waals surface area contributed by atoms with E-state index in [0.717, 1.165) is 24.6 Å². The maximum atomic E-state index is 13.0. The number of rotatable bonds is 5. The Morgan fingerprint density at radius 2 is 2.00 bits per heavy atom.